The zero-order valence-corrected chi connectivity index (χ0v) is 11.3. The van der Waals surface area contributed by atoms with Crippen LogP contribution in [0.25, 0.3) is 0 Å². The number of hydrogen-bond donors (Lipinski definition) is 2. The van der Waals surface area contributed by atoms with E-state index in [2.05, 4.69) is 21.8 Å². The highest BCUT2D eigenvalue weighted by molar-refractivity contribution is 5.21. The number of imidazole rings is 1. The van der Waals surface area contributed by atoms with E-state index in [1.54, 1.807) is 0 Å². The molecular weight excluding hydrogens is 238 g/mol. The molecule has 4 heteroatoms. The lowest BCUT2D eigenvalue weighted by atomic mass is 10.1. The van der Waals surface area contributed by atoms with Gasteiger partial charge in [0.15, 0.2) is 0 Å². The first-order valence-corrected chi connectivity index (χ1v) is 6.72. The van der Waals surface area contributed by atoms with Gasteiger partial charge < -0.3 is 15.0 Å². The number of nitrogens with zero attached hydrogens (tertiary/aromatic N) is 2. The Kier molecular flexibility index (Phi) is 5.12. The Balaban J connectivity index is 1.83. The van der Waals surface area contributed by atoms with E-state index in [9.17, 15) is 0 Å². The van der Waals surface area contributed by atoms with Gasteiger partial charge in [-0.2, -0.15) is 0 Å². The third-order valence-corrected chi connectivity index (χ3v) is 3.10. The quantitative estimate of drug-likeness (QED) is 0.800. The van der Waals surface area contributed by atoms with Crippen molar-refractivity contribution in [2.24, 2.45) is 0 Å². The Morgan fingerprint density at radius 2 is 1.89 bits per heavy atom. The summed E-state index contributed by atoms with van der Waals surface area (Å²) in [5.41, 5.74) is 3.39. The van der Waals surface area contributed by atoms with Gasteiger partial charge in [0, 0.05) is 25.8 Å². The van der Waals surface area contributed by atoms with E-state index >= 15 is 0 Å². The molecule has 0 atom stereocenters. The summed E-state index contributed by atoms with van der Waals surface area (Å²) in [7, 11) is 0. The SMILES string of the molecule is CCCn1cncc1CNCc1ccc(CO)cc1. The maximum atomic E-state index is 8.99. The monoisotopic (exact) mass is 259 g/mol. The molecule has 0 saturated heterocycles. The number of aromatic nitrogens is 2. The second-order valence-corrected chi connectivity index (χ2v) is 4.66. The number of rotatable bonds is 7. The molecule has 0 saturated carbocycles. The minimum Gasteiger partial charge on any atom is -0.392 e. The highest BCUT2D eigenvalue weighted by Crippen LogP contribution is 2.05. The molecule has 2 rings (SSSR count). The van der Waals surface area contributed by atoms with E-state index in [0.717, 1.165) is 31.6 Å². The summed E-state index contributed by atoms with van der Waals surface area (Å²) in [5.74, 6) is 0. The molecule has 2 aromatic rings. The van der Waals surface area contributed by atoms with Crippen molar-refractivity contribution < 1.29 is 5.11 Å². The van der Waals surface area contributed by atoms with Crippen LogP contribution in [0.2, 0.25) is 0 Å². The highest BCUT2D eigenvalue weighted by Gasteiger charge is 2.01. The topological polar surface area (TPSA) is 50.1 Å². The second kappa shape index (κ2) is 7.07. The fraction of sp³-hybridized carbons (Fsp3) is 0.400. The van der Waals surface area contributed by atoms with Crippen LogP contribution in [0.3, 0.4) is 0 Å². The first-order chi connectivity index (χ1) is 9.33. The molecule has 0 aliphatic carbocycles. The van der Waals surface area contributed by atoms with Crippen LogP contribution >= 0.6 is 0 Å². The Bertz CT molecular complexity index is 490. The number of aryl methyl sites for hydroxylation is 1. The smallest absolute Gasteiger partial charge is 0.0948 e. The van der Waals surface area contributed by atoms with Gasteiger partial charge >= 0.3 is 0 Å². The highest BCUT2D eigenvalue weighted by atomic mass is 16.3. The van der Waals surface area contributed by atoms with Gasteiger partial charge in [0.2, 0.25) is 0 Å². The molecule has 0 spiro atoms. The molecule has 0 aliphatic rings. The van der Waals surface area contributed by atoms with Crippen LogP contribution in [-0.4, -0.2) is 14.7 Å². The van der Waals surface area contributed by atoms with E-state index in [1.165, 1.54) is 11.3 Å². The van der Waals surface area contributed by atoms with Crippen molar-refractivity contribution in [2.75, 3.05) is 0 Å². The van der Waals surface area contributed by atoms with Gasteiger partial charge in [-0.15, -0.1) is 0 Å². The third kappa shape index (κ3) is 3.91. The minimum atomic E-state index is 0.101. The van der Waals surface area contributed by atoms with Crippen molar-refractivity contribution in [3.8, 4) is 0 Å². The summed E-state index contributed by atoms with van der Waals surface area (Å²) in [6.45, 7) is 4.93. The van der Waals surface area contributed by atoms with Crippen molar-refractivity contribution in [2.45, 2.75) is 39.6 Å². The number of aliphatic hydroxyl groups is 1. The first kappa shape index (κ1) is 13.8. The summed E-state index contributed by atoms with van der Waals surface area (Å²) in [4.78, 5) is 4.18. The maximum Gasteiger partial charge on any atom is 0.0948 e. The lowest BCUT2D eigenvalue weighted by molar-refractivity contribution is 0.282. The molecule has 19 heavy (non-hydrogen) atoms. The summed E-state index contributed by atoms with van der Waals surface area (Å²) in [6, 6.07) is 8.00. The van der Waals surface area contributed by atoms with Gasteiger partial charge in [-0.05, 0) is 17.5 Å². The van der Waals surface area contributed by atoms with Gasteiger partial charge in [0.1, 0.15) is 0 Å². The Morgan fingerprint density at radius 1 is 1.16 bits per heavy atom. The molecule has 2 N–H and O–H groups in total. The van der Waals surface area contributed by atoms with Gasteiger partial charge in [-0.3, -0.25) is 0 Å². The van der Waals surface area contributed by atoms with Crippen molar-refractivity contribution in [1.82, 2.24) is 14.9 Å². The fourth-order valence-electron chi connectivity index (χ4n) is 2.04. The van der Waals surface area contributed by atoms with Crippen LogP contribution in [0.4, 0.5) is 0 Å². The molecule has 0 amide bonds. The molecule has 0 bridgehead atoms. The van der Waals surface area contributed by atoms with E-state index < -0.39 is 0 Å². The summed E-state index contributed by atoms with van der Waals surface area (Å²) in [6.07, 6.45) is 4.92. The van der Waals surface area contributed by atoms with Crippen LogP contribution in [0, 0.1) is 0 Å². The number of aliphatic hydroxyl groups excluding tert-OH is 1. The largest absolute Gasteiger partial charge is 0.392 e. The normalized spacial score (nSPS) is 10.8. The first-order valence-electron chi connectivity index (χ1n) is 6.72. The minimum absolute atomic E-state index is 0.101. The predicted molar refractivity (Wildman–Crippen MR) is 75.4 cm³/mol. The van der Waals surface area contributed by atoms with Crippen LogP contribution < -0.4 is 5.32 Å². The molecule has 1 aromatic carbocycles. The molecular formula is C15H21N3O. The second-order valence-electron chi connectivity index (χ2n) is 4.66. The molecule has 0 aliphatic heterocycles. The summed E-state index contributed by atoms with van der Waals surface area (Å²) < 4.78 is 2.18. The third-order valence-electron chi connectivity index (χ3n) is 3.10. The van der Waals surface area contributed by atoms with Crippen LogP contribution in [0.5, 0.6) is 0 Å². The number of benzene rings is 1. The van der Waals surface area contributed by atoms with Crippen molar-refractivity contribution >= 4 is 0 Å². The Hall–Kier alpha value is -1.65. The molecule has 0 radical (unpaired) electrons. The van der Waals surface area contributed by atoms with Crippen LogP contribution in [-0.2, 0) is 26.2 Å². The molecule has 4 nitrogen and oxygen atoms in total. The van der Waals surface area contributed by atoms with Crippen LogP contribution in [0.1, 0.15) is 30.2 Å². The average Bonchev–Trinajstić information content (AvgIpc) is 2.88. The summed E-state index contributed by atoms with van der Waals surface area (Å²) in [5, 5.41) is 12.4. The van der Waals surface area contributed by atoms with Crippen LogP contribution in [0.15, 0.2) is 36.8 Å². The molecule has 1 heterocycles. The number of hydrogen-bond acceptors (Lipinski definition) is 3. The maximum absolute atomic E-state index is 8.99. The zero-order chi connectivity index (χ0) is 13.5. The predicted octanol–water partition coefficient (Wildman–Crippen LogP) is 2.08. The van der Waals surface area contributed by atoms with E-state index in [0.29, 0.717) is 0 Å². The molecule has 102 valence electrons. The lowest BCUT2D eigenvalue weighted by Crippen LogP contribution is -2.15. The van der Waals surface area contributed by atoms with E-state index in [-0.39, 0.29) is 6.61 Å². The summed E-state index contributed by atoms with van der Waals surface area (Å²) >= 11 is 0. The average molecular weight is 259 g/mol. The standard InChI is InChI=1S/C15H21N3O/c1-2-7-18-12-17-10-15(18)9-16-8-13-3-5-14(11-19)6-4-13/h3-6,10,12,16,19H,2,7-9,11H2,1H3. The van der Waals surface area contributed by atoms with Crippen molar-refractivity contribution in [3.63, 3.8) is 0 Å². The van der Waals surface area contributed by atoms with Crippen molar-refractivity contribution in [1.29, 1.82) is 0 Å². The lowest BCUT2D eigenvalue weighted by Gasteiger charge is -2.08. The van der Waals surface area contributed by atoms with Crippen molar-refractivity contribution in [3.05, 3.63) is 53.6 Å². The Morgan fingerprint density at radius 3 is 2.58 bits per heavy atom. The molecule has 0 unspecified atom stereocenters. The van der Waals surface area contributed by atoms with Gasteiger partial charge in [-0.25, -0.2) is 4.98 Å². The zero-order valence-electron chi connectivity index (χ0n) is 11.3. The fourth-order valence-corrected chi connectivity index (χ4v) is 2.04. The number of nitrogens with one attached hydrogen (secondary N) is 1. The molecule has 0 fully saturated rings. The molecule has 1 aromatic heterocycles. The van der Waals surface area contributed by atoms with E-state index in [4.69, 9.17) is 5.11 Å². The van der Waals surface area contributed by atoms with Gasteiger partial charge in [0.25, 0.3) is 0 Å². The van der Waals surface area contributed by atoms with E-state index in [1.807, 2.05) is 36.8 Å². The Labute approximate surface area is 114 Å². The van der Waals surface area contributed by atoms with Gasteiger partial charge in [-0.1, -0.05) is 31.2 Å². The van der Waals surface area contributed by atoms with Gasteiger partial charge in [0.05, 0.1) is 18.6 Å².